The molecule has 2 nitrogen and oxygen atoms in total. The van der Waals surface area contributed by atoms with E-state index in [9.17, 15) is 0 Å². The van der Waals surface area contributed by atoms with E-state index >= 15 is 0 Å². The van der Waals surface area contributed by atoms with Crippen LogP contribution in [0.15, 0.2) is 29.4 Å². The smallest absolute Gasteiger partial charge is 0.137 e. The molecule has 0 aliphatic rings. The van der Waals surface area contributed by atoms with Gasteiger partial charge in [-0.05, 0) is 19.1 Å². The minimum atomic E-state index is 0.920. The molecule has 2 aromatic rings. The van der Waals surface area contributed by atoms with Gasteiger partial charge in [0.15, 0.2) is 0 Å². The fourth-order valence-corrected chi connectivity index (χ4v) is 1.36. The molecule has 2 heterocycles. The summed E-state index contributed by atoms with van der Waals surface area (Å²) in [6, 6.07) is 5.86. The zero-order chi connectivity index (χ0) is 7.84. The predicted molar refractivity (Wildman–Crippen MR) is 47.2 cm³/mol. The maximum absolute atomic E-state index is 4.29. The second-order valence-electron chi connectivity index (χ2n) is 2.49. The summed E-state index contributed by atoms with van der Waals surface area (Å²) in [6.45, 7) is 1.97. The minimum absolute atomic E-state index is 0.920. The molecule has 0 amide bonds. The van der Waals surface area contributed by atoms with Gasteiger partial charge in [0.05, 0.1) is 10.7 Å². The zero-order valence-corrected chi connectivity index (χ0v) is 7.05. The number of rotatable bonds is 0. The number of hydrogen-bond acceptors (Lipinski definition) is 2. The highest BCUT2D eigenvalue weighted by Crippen LogP contribution is 2.10. The van der Waals surface area contributed by atoms with Crippen molar-refractivity contribution >= 4 is 18.3 Å². The van der Waals surface area contributed by atoms with E-state index in [2.05, 4.69) is 17.6 Å². The first-order valence-corrected chi connectivity index (χ1v) is 3.86. The van der Waals surface area contributed by atoms with Gasteiger partial charge in [-0.3, -0.25) is 4.40 Å². The maximum atomic E-state index is 4.29. The highest BCUT2D eigenvalue weighted by molar-refractivity contribution is 7.80. The van der Waals surface area contributed by atoms with E-state index in [1.54, 1.807) is 0 Å². The van der Waals surface area contributed by atoms with Gasteiger partial charge in [-0.2, -0.15) is 0 Å². The molecule has 2 rings (SSSR count). The molecule has 0 fully saturated rings. The van der Waals surface area contributed by atoms with Crippen molar-refractivity contribution in [3.05, 3.63) is 30.1 Å². The molecule has 2 aromatic heterocycles. The van der Waals surface area contributed by atoms with Crippen molar-refractivity contribution < 1.29 is 0 Å². The van der Waals surface area contributed by atoms with Crippen molar-refractivity contribution in [2.24, 2.45) is 0 Å². The fourth-order valence-electron chi connectivity index (χ4n) is 1.12. The molecule has 0 saturated heterocycles. The molecule has 0 unspecified atom stereocenters. The van der Waals surface area contributed by atoms with Crippen LogP contribution in [0.2, 0.25) is 0 Å². The van der Waals surface area contributed by atoms with Crippen LogP contribution in [0.3, 0.4) is 0 Å². The lowest BCUT2D eigenvalue weighted by molar-refractivity contribution is 1.03. The number of aromatic nitrogens is 2. The number of thiol groups is 1. The van der Waals surface area contributed by atoms with Gasteiger partial charge in [0.2, 0.25) is 0 Å². The van der Waals surface area contributed by atoms with Crippen molar-refractivity contribution in [3.8, 4) is 0 Å². The standard InChI is InChI=1S/C8H8N2S/c1-6-5-10-7(9-6)3-2-4-8(10)11/h2-5,11H,1H3. The average Bonchev–Trinajstić information content (AvgIpc) is 2.31. The summed E-state index contributed by atoms with van der Waals surface area (Å²) in [5.41, 5.74) is 1.97. The Labute approximate surface area is 70.3 Å². The van der Waals surface area contributed by atoms with Gasteiger partial charge in [-0.15, -0.1) is 12.6 Å². The Hall–Kier alpha value is -0.960. The first-order chi connectivity index (χ1) is 5.27. The Morgan fingerprint density at radius 2 is 2.27 bits per heavy atom. The second-order valence-corrected chi connectivity index (χ2v) is 2.95. The second kappa shape index (κ2) is 2.27. The Bertz CT molecular complexity index is 392. The van der Waals surface area contributed by atoms with Gasteiger partial charge >= 0.3 is 0 Å². The molecular weight excluding hydrogens is 156 g/mol. The Kier molecular flexibility index (Phi) is 1.39. The average molecular weight is 164 g/mol. The van der Waals surface area contributed by atoms with E-state index in [0.717, 1.165) is 16.4 Å². The number of hydrogen-bond donors (Lipinski definition) is 1. The maximum Gasteiger partial charge on any atom is 0.137 e. The lowest BCUT2D eigenvalue weighted by atomic mass is 10.5. The van der Waals surface area contributed by atoms with Gasteiger partial charge < -0.3 is 0 Å². The molecule has 0 spiro atoms. The molecular formula is C8H8N2S. The Morgan fingerprint density at radius 3 is 3.00 bits per heavy atom. The predicted octanol–water partition coefficient (Wildman–Crippen LogP) is 1.93. The number of aryl methyl sites for hydroxylation is 1. The quantitative estimate of drug-likeness (QED) is 0.589. The normalized spacial score (nSPS) is 10.7. The molecule has 0 radical (unpaired) electrons. The van der Waals surface area contributed by atoms with Crippen LogP contribution in [0.4, 0.5) is 0 Å². The summed E-state index contributed by atoms with van der Waals surface area (Å²) in [6.07, 6.45) is 1.97. The van der Waals surface area contributed by atoms with Crippen LogP contribution in [0.5, 0.6) is 0 Å². The summed E-state index contributed by atoms with van der Waals surface area (Å²) >= 11 is 4.29. The zero-order valence-electron chi connectivity index (χ0n) is 6.15. The molecule has 0 saturated carbocycles. The van der Waals surface area contributed by atoms with Crippen molar-refractivity contribution in [1.29, 1.82) is 0 Å². The van der Waals surface area contributed by atoms with Crippen LogP contribution in [0.1, 0.15) is 5.69 Å². The van der Waals surface area contributed by atoms with Gasteiger partial charge in [0.25, 0.3) is 0 Å². The van der Waals surface area contributed by atoms with Gasteiger partial charge in [-0.1, -0.05) is 6.07 Å². The fraction of sp³-hybridized carbons (Fsp3) is 0.125. The molecule has 3 heteroatoms. The number of pyridine rings is 1. The number of nitrogens with zero attached hydrogens (tertiary/aromatic N) is 2. The third kappa shape index (κ3) is 1.01. The summed E-state index contributed by atoms with van der Waals surface area (Å²) < 4.78 is 1.96. The first kappa shape index (κ1) is 6.73. The van der Waals surface area contributed by atoms with Gasteiger partial charge in [0, 0.05) is 6.20 Å². The number of fused-ring (bicyclic) bond motifs is 1. The van der Waals surface area contributed by atoms with E-state index in [1.807, 2.05) is 35.7 Å². The Morgan fingerprint density at radius 1 is 1.45 bits per heavy atom. The largest absolute Gasteiger partial charge is 0.294 e. The van der Waals surface area contributed by atoms with Crippen molar-refractivity contribution in [3.63, 3.8) is 0 Å². The minimum Gasteiger partial charge on any atom is -0.294 e. The molecule has 0 atom stereocenters. The van der Waals surface area contributed by atoms with E-state index in [-0.39, 0.29) is 0 Å². The molecule has 0 aliphatic heterocycles. The van der Waals surface area contributed by atoms with E-state index in [4.69, 9.17) is 0 Å². The SMILES string of the molecule is Cc1cn2c(S)cccc2n1. The lowest BCUT2D eigenvalue weighted by Crippen LogP contribution is -1.83. The van der Waals surface area contributed by atoms with E-state index < -0.39 is 0 Å². The molecule has 11 heavy (non-hydrogen) atoms. The highest BCUT2D eigenvalue weighted by Gasteiger charge is 1.97. The highest BCUT2D eigenvalue weighted by atomic mass is 32.1. The number of imidazole rings is 1. The van der Waals surface area contributed by atoms with E-state index in [0.29, 0.717) is 0 Å². The van der Waals surface area contributed by atoms with Crippen LogP contribution in [-0.2, 0) is 0 Å². The van der Waals surface area contributed by atoms with Crippen molar-refractivity contribution in [1.82, 2.24) is 9.38 Å². The third-order valence-corrected chi connectivity index (χ3v) is 1.96. The lowest BCUT2D eigenvalue weighted by Gasteiger charge is -1.94. The molecule has 0 N–H and O–H groups in total. The first-order valence-electron chi connectivity index (χ1n) is 3.41. The van der Waals surface area contributed by atoms with Crippen molar-refractivity contribution in [2.75, 3.05) is 0 Å². The summed E-state index contributed by atoms with van der Waals surface area (Å²) in [5.74, 6) is 0. The van der Waals surface area contributed by atoms with E-state index in [1.165, 1.54) is 0 Å². The summed E-state index contributed by atoms with van der Waals surface area (Å²) in [4.78, 5) is 4.29. The van der Waals surface area contributed by atoms with Crippen LogP contribution in [0, 0.1) is 6.92 Å². The topological polar surface area (TPSA) is 17.3 Å². The molecule has 56 valence electrons. The molecule has 0 bridgehead atoms. The van der Waals surface area contributed by atoms with Gasteiger partial charge in [-0.25, -0.2) is 4.98 Å². The van der Waals surface area contributed by atoms with Crippen LogP contribution >= 0.6 is 12.6 Å². The third-order valence-electron chi connectivity index (χ3n) is 1.59. The van der Waals surface area contributed by atoms with Crippen LogP contribution in [0.25, 0.3) is 5.65 Å². The summed E-state index contributed by atoms with van der Waals surface area (Å²) in [7, 11) is 0. The van der Waals surface area contributed by atoms with Gasteiger partial charge in [0.1, 0.15) is 5.65 Å². The van der Waals surface area contributed by atoms with Crippen molar-refractivity contribution in [2.45, 2.75) is 11.9 Å². The summed E-state index contributed by atoms with van der Waals surface area (Å²) in [5, 5.41) is 0.920. The van der Waals surface area contributed by atoms with Crippen LogP contribution in [-0.4, -0.2) is 9.38 Å². The molecule has 0 aromatic carbocycles. The molecule has 0 aliphatic carbocycles. The monoisotopic (exact) mass is 164 g/mol. The van der Waals surface area contributed by atoms with Crippen LogP contribution < -0.4 is 0 Å². The Balaban J connectivity index is 2.90.